The molecule has 0 fully saturated rings. The Labute approximate surface area is 198 Å². The van der Waals surface area contributed by atoms with Crippen LogP contribution in [0.15, 0.2) is 42.5 Å². The summed E-state index contributed by atoms with van der Waals surface area (Å²) in [7, 11) is 3.19. The molecule has 0 unspecified atom stereocenters. The van der Waals surface area contributed by atoms with Crippen LogP contribution >= 0.6 is 0 Å². The van der Waals surface area contributed by atoms with Crippen LogP contribution in [0.5, 0.6) is 11.5 Å². The molecule has 0 aromatic heterocycles. The molecule has 6 nitrogen and oxygen atoms in total. The summed E-state index contributed by atoms with van der Waals surface area (Å²) in [5.41, 5.74) is 3.13. The third kappa shape index (κ3) is 7.24. The van der Waals surface area contributed by atoms with E-state index in [9.17, 15) is 9.59 Å². The molecule has 0 saturated heterocycles. The zero-order chi connectivity index (χ0) is 24.4. The van der Waals surface area contributed by atoms with Gasteiger partial charge in [0.15, 0.2) is 11.5 Å². The molecule has 0 aliphatic heterocycles. The second kappa shape index (κ2) is 12.9. The van der Waals surface area contributed by atoms with Crippen LogP contribution in [0.2, 0.25) is 0 Å². The van der Waals surface area contributed by atoms with E-state index in [2.05, 4.69) is 5.32 Å². The van der Waals surface area contributed by atoms with Crippen LogP contribution < -0.4 is 14.8 Å². The molecule has 2 rings (SSSR count). The van der Waals surface area contributed by atoms with Gasteiger partial charge in [-0.05, 0) is 61.9 Å². The summed E-state index contributed by atoms with van der Waals surface area (Å²) in [5.74, 6) is 1.15. The molecule has 0 saturated carbocycles. The highest BCUT2D eigenvalue weighted by molar-refractivity contribution is 5.88. The lowest BCUT2D eigenvalue weighted by Gasteiger charge is -2.32. The Bertz CT molecular complexity index is 928. The number of aryl methyl sites for hydroxylation is 2. The fourth-order valence-electron chi connectivity index (χ4n) is 3.76. The van der Waals surface area contributed by atoms with Crippen LogP contribution in [-0.4, -0.2) is 43.0 Å². The smallest absolute Gasteiger partial charge is 0.243 e. The maximum absolute atomic E-state index is 13.5. The number of ether oxygens (including phenoxy) is 2. The lowest BCUT2D eigenvalue weighted by atomic mass is 10.0. The highest BCUT2D eigenvalue weighted by atomic mass is 16.5. The standard InChI is InChI=1S/C27H38N2O4/c1-7-20(4)28-27(31)23(8-2)29(18-22-12-10-9-11-19(22)3)26(30)16-14-21-13-15-24(32-5)25(17-21)33-6/h9-13,15,17,20,23H,7-8,14,16,18H2,1-6H3,(H,28,31)/t20-,23+/m0/s1. The van der Waals surface area contributed by atoms with Crippen molar-refractivity contribution in [2.24, 2.45) is 0 Å². The molecule has 2 amide bonds. The molecule has 0 aliphatic rings. The monoisotopic (exact) mass is 454 g/mol. The number of amides is 2. The Hall–Kier alpha value is -3.02. The molecule has 2 aromatic rings. The second-order valence-corrected chi connectivity index (χ2v) is 8.38. The molecule has 6 heteroatoms. The Morgan fingerprint density at radius 1 is 1.00 bits per heavy atom. The van der Waals surface area contributed by atoms with Crippen molar-refractivity contribution in [1.29, 1.82) is 0 Å². The van der Waals surface area contributed by atoms with E-state index in [-0.39, 0.29) is 17.9 Å². The van der Waals surface area contributed by atoms with E-state index in [1.165, 1.54) is 0 Å². The minimum Gasteiger partial charge on any atom is -0.493 e. The van der Waals surface area contributed by atoms with Crippen LogP contribution in [0, 0.1) is 6.92 Å². The van der Waals surface area contributed by atoms with Gasteiger partial charge in [-0.2, -0.15) is 0 Å². The van der Waals surface area contributed by atoms with Crippen molar-refractivity contribution in [2.75, 3.05) is 14.2 Å². The van der Waals surface area contributed by atoms with Gasteiger partial charge in [-0.3, -0.25) is 9.59 Å². The summed E-state index contributed by atoms with van der Waals surface area (Å²) in [6.07, 6.45) is 2.24. The SMILES string of the molecule is CC[C@H](C(=O)N[C@@H](C)CC)N(Cc1ccccc1C)C(=O)CCc1ccc(OC)c(OC)c1. The molecule has 2 atom stereocenters. The van der Waals surface area contributed by atoms with Crippen LogP contribution in [0.1, 0.15) is 56.7 Å². The molecule has 0 aliphatic carbocycles. The van der Waals surface area contributed by atoms with E-state index in [1.54, 1.807) is 19.1 Å². The Morgan fingerprint density at radius 3 is 2.30 bits per heavy atom. The van der Waals surface area contributed by atoms with Crippen molar-refractivity contribution in [3.63, 3.8) is 0 Å². The van der Waals surface area contributed by atoms with E-state index in [1.807, 2.05) is 70.2 Å². The third-order valence-corrected chi connectivity index (χ3v) is 6.06. The Morgan fingerprint density at radius 2 is 1.70 bits per heavy atom. The van der Waals surface area contributed by atoms with Crippen LogP contribution in [0.3, 0.4) is 0 Å². The van der Waals surface area contributed by atoms with Crippen molar-refractivity contribution in [2.45, 2.75) is 72.0 Å². The summed E-state index contributed by atoms with van der Waals surface area (Å²) in [6, 6.07) is 13.2. The molecule has 1 N–H and O–H groups in total. The van der Waals surface area contributed by atoms with Gasteiger partial charge >= 0.3 is 0 Å². The van der Waals surface area contributed by atoms with Gasteiger partial charge < -0.3 is 19.7 Å². The fraction of sp³-hybridized carbons (Fsp3) is 0.481. The van der Waals surface area contributed by atoms with Gasteiger partial charge in [0, 0.05) is 19.0 Å². The topological polar surface area (TPSA) is 67.9 Å². The predicted octanol–water partition coefficient (Wildman–Crippen LogP) is 4.67. The highest BCUT2D eigenvalue weighted by Gasteiger charge is 2.29. The molecular formula is C27H38N2O4. The molecule has 33 heavy (non-hydrogen) atoms. The summed E-state index contributed by atoms with van der Waals surface area (Å²) in [4.78, 5) is 28.3. The molecule has 0 radical (unpaired) electrons. The largest absolute Gasteiger partial charge is 0.493 e. The first kappa shape index (κ1) is 26.2. The van der Waals surface area contributed by atoms with Crippen molar-refractivity contribution in [3.05, 3.63) is 59.2 Å². The number of hydrogen-bond acceptors (Lipinski definition) is 4. The summed E-state index contributed by atoms with van der Waals surface area (Å²) in [6.45, 7) is 8.40. The first-order valence-corrected chi connectivity index (χ1v) is 11.7. The maximum atomic E-state index is 13.5. The number of hydrogen-bond donors (Lipinski definition) is 1. The number of methoxy groups -OCH3 is 2. The predicted molar refractivity (Wildman–Crippen MR) is 132 cm³/mol. The number of nitrogens with zero attached hydrogens (tertiary/aromatic N) is 1. The molecule has 2 aromatic carbocycles. The molecular weight excluding hydrogens is 416 g/mol. The third-order valence-electron chi connectivity index (χ3n) is 6.06. The minimum absolute atomic E-state index is 0.0424. The maximum Gasteiger partial charge on any atom is 0.243 e. The van der Waals surface area contributed by atoms with Crippen molar-refractivity contribution >= 4 is 11.8 Å². The van der Waals surface area contributed by atoms with Crippen LogP contribution in [-0.2, 0) is 22.6 Å². The Balaban J connectivity index is 2.25. The van der Waals surface area contributed by atoms with E-state index in [4.69, 9.17) is 9.47 Å². The van der Waals surface area contributed by atoms with Crippen molar-refractivity contribution in [1.82, 2.24) is 10.2 Å². The van der Waals surface area contributed by atoms with Crippen LogP contribution in [0.25, 0.3) is 0 Å². The van der Waals surface area contributed by atoms with Gasteiger partial charge in [0.05, 0.1) is 14.2 Å². The van der Waals surface area contributed by atoms with Gasteiger partial charge in [0.25, 0.3) is 0 Å². The zero-order valence-corrected chi connectivity index (χ0v) is 20.8. The normalized spacial score (nSPS) is 12.5. The minimum atomic E-state index is -0.517. The number of rotatable bonds is 12. The number of carbonyl (C=O) groups excluding carboxylic acids is 2. The summed E-state index contributed by atoms with van der Waals surface area (Å²) < 4.78 is 10.7. The van der Waals surface area contributed by atoms with Gasteiger partial charge in [-0.25, -0.2) is 0 Å². The molecule has 0 spiro atoms. The van der Waals surface area contributed by atoms with E-state index >= 15 is 0 Å². The van der Waals surface area contributed by atoms with Gasteiger partial charge in [0.1, 0.15) is 6.04 Å². The zero-order valence-electron chi connectivity index (χ0n) is 20.8. The number of carbonyl (C=O) groups is 2. The summed E-state index contributed by atoms with van der Waals surface area (Å²) >= 11 is 0. The number of nitrogens with one attached hydrogen (secondary N) is 1. The molecule has 0 heterocycles. The number of benzene rings is 2. The lowest BCUT2D eigenvalue weighted by molar-refractivity contribution is -0.141. The van der Waals surface area contributed by atoms with Crippen molar-refractivity contribution < 1.29 is 19.1 Å². The first-order valence-electron chi connectivity index (χ1n) is 11.7. The van der Waals surface area contributed by atoms with Gasteiger partial charge in [-0.1, -0.05) is 44.2 Å². The first-order chi connectivity index (χ1) is 15.8. The van der Waals surface area contributed by atoms with E-state index in [0.29, 0.717) is 37.3 Å². The highest BCUT2D eigenvalue weighted by Crippen LogP contribution is 2.28. The lowest BCUT2D eigenvalue weighted by Crippen LogP contribution is -2.50. The molecule has 0 bridgehead atoms. The average molecular weight is 455 g/mol. The van der Waals surface area contributed by atoms with Crippen LogP contribution in [0.4, 0.5) is 0 Å². The molecule has 180 valence electrons. The Kier molecular flexibility index (Phi) is 10.2. The van der Waals surface area contributed by atoms with Crippen molar-refractivity contribution in [3.8, 4) is 11.5 Å². The fourth-order valence-corrected chi connectivity index (χ4v) is 3.76. The summed E-state index contributed by atoms with van der Waals surface area (Å²) in [5, 5.41) is 3.05. The second-order valence-electron chi connectivity index (χ2n) is 8.38. The quantitative estimate of drug-likeness (QED) is 0.506. The van der Waals surface area contributed by atoms with Gasteiger partial charge in [0.2, 0.25) is 11.8 Å². The van der Waals surface area contributed by atoms with E-state index in [0.717, 1.165) is 23.1 Å². The average Bonchev–Trinajstić information content (AvgIpc) is 2.83. The van der Waals surface area contributed by atoms with Gasteiger partial charge in [-0.15, -0.1) is 0 Å². The van der Waals surface area contributed by atoms with E-state index < -0.39 is 6.04 Å².